The van der Waals surface area contributed by atoms with Crippen LogP contribution in [-0.4, -0.2) is 24.5 Å². The maximum atomic E-state index is 5.72. The molecule has 2 N–H and O–H groups in total. The number of likely N-dealkylation sites (tertiary alicyclic amines) is 1. The van der Waals surface area contributed by atoms with E-state index in [4.69, 9.17) is 5.73 Å². The highest BCUT2D eigenvalue weighted by Crippen LogP contribution is 2.19. The highest BCUT2D eigenvalue weighted by molar-refractivity contribution is 5.85. The van der Waals surface area contributed by atoms with E-state index in [0.717, 1.165) is 19.0 Å². The maximum Gasteiger partial charge on any atom is 0.0233 e. The highest BCUT2D eigenvalue weighted by Gasteiger charge is 2.17. The zero-order valence-corrected chi connectivity index (χ0v) is 12.3. The van der Waals surface area contributed by atoms with Crippen molar-refractivity contribution >= 4 is 12.4 Å². The zero-order chi connectivity index (χ0) is 12.3. The summed E-state index contributed by atoms with van der Waals surface area (Å²) in [7, 11) is 0. The number of hydrogen-bond donors (Lipinski definition) is 1. The summed E-state index contributed by atoms with van der Waals surface area (Å²) in [6.45, 7) is 8.73. The van der Waals surface area contributed by atoms with Gasteiger partial charge in [-0.25, -0.2) is 0 Å². The van der Waals surface area contributed by atoms with Crippen LogP contribution in [0.4, 0.5) is 0 Å². The minimum absolute atomic E-state index is 0. The lowest BCUT2D eigenvalue weighted by Crippen LogP contribution is -2.35. The third kappa shape index (κ3) is 3.98. The molecule has 1 heterocycles. The minimum atomic E-state index is 0. The molecule has 2 nitrogen and oxygen atoms in total. The first-order valence-electron chi connectivity index (χ1n) is 6.67. The van der Waals surface area contributed by atoms with Crippen LogP contribution in [0.15, 0.2) is 18.2 Å². The Morgan fingerprint density at radius 2 is 1.83 bits per heavy atom. The Balaban J connectivity index is 0.00000162. The fourth-order valence-corrected chi connectivity index (χ4v) is 2.54. The van der Waals surface area contributed by atoms with Gasteiger partial charge in [0.1, 0.15) is 0 Å². The molecule has 0 aliphatic carbocycles. The van der Waals surface area contributed by atoms with E-state index in [9.17, 15) is 0 Å². The third-order valence-corrected chi connectivity index (χ3v) is 4.02. The van der Waals surface area contributed by atoms with Gasteiger partial charge in [0.05, 0.1) is 0 Å². The molecule has 1 aromatic rings. The fourth-order valence-electron chi connectivity index (χ4n) is 2.54. The smallest absolute Gasteiger partial charge is 0.0233 e. The van der Waals surface area contributed by atoms with Crippen LogP contribution < -0.4 is 5.73 Å². The van der Waals surface area contributed by atoms with Crippen LogP contribution in [0.5, 0.6) is 0 Å². The molecule has 1 fully saturated rings. The van der Waals surface area contributed by atoms with E-state index in [1.54, 1.807) is 0 Å². The molecule has 0 saturated carbocycles. The number of hydrogen-bond acceptors (Lipinski definition) is 2. The zero-order valence-electron chi connectivity index (χ0n) is 11.5. The summed E-state index contributed by atoms with van der Waals surface area (Å²) >= 11 is 0. The summed E-state index contributed by atoms with van der Waals surface area (Å²) in [6, 6.07) is 6.82. The van der Waals surface area contributed by atoms with Crippen molar-refractivity contribution in [3.63, 3.8) is 0 Å². The van der Waals surface area contributed by atoms with Gasteiger partial charge in [0.15, 0.2) is 0 Å². The average molecular weight is 269 g/mol. The second kappa shape index (κ2) is 7.13. The van der Waals surface area contributed by atoms with Gasteiger partial charge >= 0.3 is 0 Å². The molecule has 0 bridgehead atoms. The molecule has 2 rings (SSSR count). The summed E-state index contributed by atoms with van der Waals surface area (Å²) in [4.78, 5) is 2.55. The van der Waals surface area contributed by atoms with Crippen molar-refractivity contribution in [2.45, 2.75) is 33.2 Å². The summed E-state index contributed by atoms with van der Waals surface area (Å²) < 4.78 is 0. The molecule has 0 radical (unpaired) electrons. The predicted octanol–water partition coefficient (Wildman–Crippen LogP) is 2.90. The van der Waals surface area contributed by atoms with E-state index in [-0.39, 0.29) is 12.4 Å². The van der Waals surface area contributed by atoms with E-state index < -0.39 is 0 Å². The van der Waals surface area contributed by atoms with Crippen LogP contribution in [0.3, 0.4) is 0 Å². The van der Waals surface area contributed by atoms with Crippen molar-refractivity contribution < 1.29 is 0 Å². The van der Waals surface area contributed by atoms with E-state index in [1.807, 2.05) is 0 Å². The van der Waals surface area contributed by atoms with Gasteiger partial charge in [-0.15, -0.1) is 12.4 Å². The Hall–Kier alpha value is -0.570. The molecule has 0 amide bonds. The van der Waals surface area contributed by atoms with Crippen LogP contribution in [0.2, 0.25) is 0 Å². The molecule has 1 saturated heterocycles. The molecule has 102 valence electrons. The number of nitrogens with zero attached hydrogens (tertiary/aromatic N) is 1. The first-order valence-corrected chi connectivity index (χ1v) is 6.67. The molecule has 0 aromatic heterocycles. The standard InChI is InChI=1S/C15H24N2.ClH/c1-12-3-4-15(9-13(12)2)11-17-7-5-14(10-16)6-8-17;/h3-4,9,14H,5-8,10-11,16H2,1-2H3;1H. The van der Waals surface area contributed by atoms with Gasteiger partial charge in [-0.1, -0.05) is 18.2 Å². The van der Waals surface area contributed by atoms with Crippen molar-refractivity contribution in [2.75, 3.05) is 19.6 Å². The molecule has 0 spiro atoms. The Bertz CT molecular complexity index is 371. The third-order valence-electron chi connectivity index (χ3n) is 4.02. The SMILES string of the molecule is Cc1ccc(CN2CCC(CN)CC2)cc1C.Cl. The molecule has 0 unspecified atom stereocenters. The maximum absolute atomic E-state index is 5.72. The largest absolute Gasteiger partial charge is 0.330 e. The number of piperidine rings is 1. The first-order chi connectivity index (χ1) is 8.19. The summed E-state index contributed by atoms with van der Waals surface area (Å²) in [5.74, 6) is 0.756. The lowest BCUT2D eigenvalue weighted by atomic mass is 9.96. The van der Waals surface area contributed by atoms with Crippen LogP contribution in [0.1, 0.15) is 29.5 Å². The molecule has 1 aliphatic rings. The Labute approximate surface area is 117 Å². The van der Waals surface area contributed by atoms with Gasteiger partial charge in [-0.05, 0) is 68.9 Å². The molecular weight excluding hydrogens is 244 g/mol. The first kappa shape index (κ1) is 15.5. The van der Waals surface area contributed by atoms with Gasteiger partial charge in [0.2, 0.25) is 0 Å². The molecule has 3 heteroatoms. The van der Waals surface area contributed by atoms with E-state index in [2.05, 4.69) is 36.9 Å². The minimum Gasteiger partial charge on any atom is -0.330 e. The van der Waals surface area contributed by atoms with Gasteiger partial charge < -0.3 is 5.73 Å². The van der Waals surface area contributed by atoms with E-state index in [0.29, 0.717) is 0 Å². The second-order valence-electron chi connectivity index (χ2n) is 5.37. The van der Waals surface area contributed by atoms with Crippen LogP contribution in [0, 0.1) is 19.8 Å². The van der Waals surface area contributed by atoms with E-state index >= 15 is 0 Å². The Kier molecular flexibility index (Phi) is 6.13. The second-order valence-corrected chi connectivity index (χ2v) is 5.37. The van der Waals surface area contributed by atoms with Crippen LogP contribution in [-0.2, 0) is 6.54 Å². The predicted molar refractivity (Wildman–Crippen MR) is 80.2 cm³/mol. The summed E-state index contributed by atoms with van der Waals surface area (Å²) in [6.07, 6.45) is 2.53. The number of rotatable bonds is 3. The normalized spacial score (nSPS) is 17.5. The van der Waals surface area contributed by atoms with Gasteiger partial charge in [0, 0.05) is 6.54 Å². The fraction of sp³-hybridized carbons (Fsp3) is 0.600. The average Bonchev–Trinajstić information content (AvgIpc) is 2.35. The van der Waals surface area contributed by atoms with Crippen molar-refractivity contribution in [1.82, 2.24) is 4.90 Å². The van der Waals surface area contributed by atoms with Crippen molar-refractivity contribution in [1.29, 1.82) is 0 Å². The quantitative estimate of drug-likeness (QED) is 0.913. The summed E-state index contributed by atoms with van der Waals surface area (Å²) in [5.41, 5.74) is 9.95. The lowest BCUT2D eigenvalue weighted by molar-refractivity contribution is 0.180. The lowest BCUT2D eigenvalue weighted by Gasteiger charge is -2.31. The number of halogens is 1. The van der Waals surface area contributed by atoms with Gasteiger partial charge in [-0.3, -0.25) is 4.90 Å². The Morgan fingerprint density at radius 3 is 2.39 bits per heavy atom. The van der Waals surface area contributed by atoms with E-state index in [1.165, 1.54) is 42.6 Å². The molecular formula is C15H25ClN2. The van der Waals surface area contributed by atoms with Crippen molar-refractivity contribution in [3.8, 4) is 0 Å². The molecule has 0 atom stereocenters. The summed E-state index contributed by atoms with van der Waals surface area (Å²) in [5, 5.41) is 0. The number of benzene rings is 1. The monoisotopic (exact) mass is 268 g/mol. The van der Waals surface area contributed by atoms with Crippen LogP contribution >= 0.6 is 12.4 Å². The molecule has 1 aliphatic heterocycles. The molecule has 18 heavy (non-hydrogen) atoms. The van der Waals surface area contributed by atoms with Gasteiger partial charge in [0.25, 0.3) is 0 Å². The topological polar surface area (TPSA) is 29.3 Å². The van der Waals surface area contributed by atoms with Crippen molar-refractivity contribution in [3.05, 3.63) is 34.9 Å². The number of aryl methyl sites for hydroxylation is 2. The highest BCUT2D eigenvalue weighted by atomic mass is 35.5. The van der Waals surface area contributed by atoms with Crippen LogP contribution in [0.25, 0.3) is 0 Å². The molecule has 1 aromatic carbocycles. The van der Waals surface area contributed by atoms with Gasteiger partial charge in [-0.2, -0.15) is 0 Å². The Morgan fingerprint density at radius 1 is 1.17 bits per heavy atom. The van der Waals surface area contributed by atoms with Crippen molar-refractivity contribution in [2.24, 2.45) is 11.7 Å². The number of nitrogens with two attached hydrogens (primary N) is 1.